The minimum Gasteiger partial charge on any atom is -0.256 e. The van der Waals surface area contributed by atoms with Crippen molar-refractivity contribution in [1.29, 1.82) is 0 Å². The van der Waals surface area contributed by atoms with Crippen LogP contribution in [0.5, 0.6) is 5.75 Å². The number of rotatable bonds is 2. The molecule has 1 atom stereocenters. The maximum Gasteiger partial charge on any atom is 3.00 e. The van der Waals surface area contributed by atoms with Crippen molar-refractivity contribution in [2.75, 3.05) is 0 Å². The zero-order valence-electron chi connectivity index (χ0n) is 5.04. The average Bonchev–Trinajstić information content (AvgIpc) is 1.91. The van der Waals surface area contributed by atoms with Crippen molar-refractivity contribution < 1.29 is 25.9 Å². The molecule has 2 nitrogen and oxygen atoms in total. The SMILES string of the molecule is O=[PH+]Oc1ccccc1.[Co+3]. The smallest absolute Gasteiger partial charge is 0.256 e. The van der Waals surface area contributed by atoms with Crippen LogP contribution in [0.25, 0.3) is 0 Å². The Bertz CT molecular complexity index is 190. The van der Waals surface area contributed by atoms with Gasteiger partial charge in [0.05, 0.1) is 0 Å². The normalized spacial score (nSPS) is 8.40. The van der Waals surface area contributed by atoms with Crippen LogP contribution in [-0.4, -0.2) is 0 Å². The first-order valence-corrected chi connectivity index (χ1v) is 3.34. The molecule has 0 fully saturated rings. The first-order valence-electron chi connectivity index (χ1n) is 2.52. The van der Waals surface area contributed by atoms with Crippen LogP contribution in [0.15, 0.2) is 30.3 Å². The molecule has 0 saturated heterocycles. The van der Waals surface area contributed by atoms with Gasteiger partial charge < -0.3 is 0 Å². The largest absolute Gasteiger partial charge is 3.00 e. The monoisotopic (exact) mass is 200 g/mol. The van der Waals surface area contributed by atoms with E-state index in [1.165, 1.54) is 0 Å². The number of benzene rings is 1. The van der Waals surface area contributed by atoms with Gasteiger partial charge in [-0.25, -0.2) is 0 Å². The van der Waals surface area contributed by atoms with Gasteiger partial charge in [-0.15, -0.1) is 0 Å². The molecule has 1 unspecified atom stereocenters. The summed E-state index contributed by atoms with van der Waals surface area (Å²) in [6.07, 6.45) is 0. The predicted molar refractivity (Wildman–Crippen MR) is 36.1 cm³/mol. The Balaban J connectivity index is 0.000000810. The van der Waals surface area contributed by atoms with E-state index in [4.69, 9.17) is 0 Å². The van der Waals surface area contributed by atoms with Crippen LogP contribution in [0.2, 0.25) is 0 Å². The van der Waals surface area contributed by atoms with Gasteiger partial charge in [0, 0.05) is 0 Å². The van der Waals surface area contributed by atoms with E-state index >= 15 is 0 Å². The molecule has 1 aromatic rings. The van der Waals surface area contributed by atoms with Gasteiger partial charge in [-0.2, -0.15) is 0 Å². The van der Waals surface area contributed by atoms with Crippen molar-refractivity contribution in [2.45, 2.75) is 0 Å². The van der Waals surface area contributed by atoms with E-state index in [0.29, 0.717) is 5.75 Å². The van der Waals surface area contributed by atoms with E-state index in [0.717, 1.165) is 0 Å². The maximum absolute atomic E-state index is 9.90. The first-order chi connectivity index (χ1) is 4.43. The van der Waals surface area contributed by atoms with Crippen LogP contribution in [-0.2, 0) is 21.3 Å². The van der Waals surface area contributed by atoms with E-state index in [-0.39, 0.29) is 16.8 Å². The molecule has 0 aliphatic carbocycles. The third-order valence-corrected chi connectivity index (χ3v) is 1.22. The van der Waals surface area contributed by atoms with Crippen molar-refractivity contribution in [3.05, 3.63) is 30.3 Å². The summed E-state index contributed by atoms with van der Waals surface area (Å²) in [6, 6.07) is 9.04. The molecular weight excluding hydrogens is 194 g/mol. The van der Waals surface area contributed by atoms with Crippen LogP contribution in [0.1, 0.15) is 0 Å². The van der Waals surface area contributed by atoms with Gasteiger partial charge in [-0.1, -0.05) is 18.2 Å². The molecule has 1 aromatic carbocycles. The minimum atomic E-state index is -0.715. The van der Waals surface area contributed by atoms with Gasteiger partial charge in [0.15, 0.2) is 5.75 Å². The molecular formula is C6H6CoO2P+4. The zero-order chi connectivity index (χ0) is 6.53. The molecule has 0 saturated carbocycles. The fourth-order valence-electron chi connectivity index (χ4n) is 0.537. The van der Waals surface area contributed by atoms with Crippen molar-refractivity contribution in [3.63, 3.8) is 0 Å². The van der Waals surface area contributed by atoms with Crippen LogP contribution >= 0.6 is 8.69 Å². The summed E-state index contributed by atoms with van der Waals surface area (Å²) in [5.41, 5.74) is 0. The Labute approximate surface area is 71.1 Å². The fourth-order valence-corrected chi connectivity index (χ4v) is 0.769. The molecule has 0 aliphatic heterocycles. The van der Waals surface area contributed by atoms with E-state index in [2.05, 4.69) is 4.52 Å². The molecule has 0 heterocycles. The van der Waals surface area contributed by atoms with Crippen LogP contribution in [0.3, 0.4) is 0 Å². The molecule has 0 N–H and O–H groups in total. The van der Waals surface area contributed by atoms with Gasteiger partial charge in [-0.05, 0) is 16.7 Å². The second kappa shape index (κ2) is 5.41. The minimum absolute atomic E-state index is 0. The van der Waals surface area contributed by atoms with Gasteiger partial charge in [0.2, 0.25) is 0 Å². The molecule has 10 heavy (non-hydrogen) atoms. The van der Waals surface area contributed by atoms with Crippen molar-refractivity contribution in [2.24, 2.45) is 0 Å². The van der Waals surface area contributed by atoms with Gasteiger partial charge in [-0.3, -0.25) is 4.52 Å². The molecule has 0 bridgehead atoms. The van der Waals surface area contributed by atoms with Gasteiger partial charge >= 0.3 is 25.5 Å². The summed E-state index contributed by atoms with van der Waals surface area (Å²) in [5.74, 6) is 0.644. The molecule has 0 aromatic heterocycles. The number of para-hydroxylation sites is 1. The Morgan fingerprint density at radius 2 is 1.80 bits per heavy atom. The fraction of sp³-hybridized carbons (Fsp3) is 0. The summed E-state index contributed by atoms with van der Waals surface area (Å²) >= 11 is 0. The molecule has 0 amide bonds. The van der Waals surface area contributed by atoms with E-state index in [1.807, 2.05) is 18.2 Å². The molecule has 0 spiro atoms. The van der Waals surface area contributed by atoms with E-state index < -0.39 is 8.69 Å². The van der Waals surface area contributed by atoms with Crippen molar-refractivity contribution in [3.8, 4) is 5.75 Å². The third-order valence-electron chi connectivity index (χ3n) is 0.903. The Hall–Kier alpha value is -0.374. The summed E-state index contributed by atoms with van der Waals surface area (Å²) in [5, 5.41) is 0. The number of hydrogen-bond donors (Lipinski definition) is 0. The summed E-state index contributed by atoms with van der Waals surface area (Å²) < 4.78 is 14.6. The van der Waals surface area contributed by atoms with Crippen LogP contribution in [0.4, 0.5) is 0 Å². The predicted octanol–water partition coefficient (Wildman–Crippen LogP) is 2.00. The van der Waals surface area contributed by atoms with Gasteiger partial charge in [0.1, 0.15) is 0 Å². The second-order valence-electron chi connectivity index (χ2n) is 1.50. The van der Waals surface area contributed by atoms with Crippen molar-refractivity contribution >= 4 is 8.69 Å². The Morgan fingerprint density at radius 1 is 1.20 bits per heavy atom. The average molecular weight is 200 g/mol. The number of hydrogen-bond acceptors (Lipinski definition) is 2. The topological polar surface area (TPSA) is 26.3 Å². The zero-order valence-corrected chi connectivity index (χ0v) is 7.08. The summed E-state index contributed by atoms with van der Waals surface area (Å²) in [4.78, 5) is 0. The van der Waals surface area contributed by atoms with Crippen molar-refractivity contribution in [1.82, 2.24) is 0 Å². The second-order valence-corrected chi connectivity index (χ2v) is 1.87. The standard InChI is InChI=1S/C6H6O2P.Co/c7-9-8-6-4-2-1-3-5-6;/h1-5,9H;/q+1;+3. The first kappa shape index (κ1) is 9.63. The van der Waals surface area contributed by atoms with Crippen LogP contribution < -0.4 is 4.52 Å². The molecule has 0 radical (unpaired) electrons. The molecule has 52 valence electrons. The summed E-state index contributed by atoms with van der Waals surface area (Å²) in [6.45, 7) is 0. The van der Waals surface area contributed by atoms with Crippen LogP contribution in [0, 0.1) is 0 Å². The summed E-state index contributed by atoms with van der Waals surface area (Å²) in [7, 11) is -0.715. The Kier molecular flexibility index (Phi) is 5.21. The quantitative estimate of drug-likeness (QED) is 0.682. The molecule has 4 heteroatoms. The third kappa shape index (κ3) is 2.97. The maximum atomic E-state index is 9.90. The van der Waals surface area contributed by atoms with E-state index in [1.54, 1.807) is 12.1 Å². The van der Waals surface area contributed by atoms with Gasteiger partial charge in [0.25, 0.3) is 0 Å². The molecule has 1 rings (SSSR count). The molecule has 0 aliphatic rings. The Morgan fingerprint density at radius 3 is 2.30 bits per heavy atom. The van der Waals surface area contributed by atoms with E-state index in [9.17, 15) is 4.57 Å².